The van der Waals surface area contributed by atoms with Crippen LogP contribution in [0.2, 0.25) is 0 Å². The van der Waals surface area contributed by atoms with Crippen molar-refractivity contribution in [2.75, 3.05) is 0 Å². The van der Waals surface area contributed by atoms with E-state index < -0.39 is 0 Å². The Morgan fingerprint density at radius 1 is 1.53 bits per heavy atom. The van der Waals surface area contributed by atoms with Gasteiger partial charge in [0, 0.05) is 16.9 Å². The van der Waals surface area contributed by atoms with Gasteiger partial charge in [-0.25, -0.2) is 5.43 Å². The van der Waals surface area contributed by atoms with E-state index in [2.05, 4.69) is 31.4 Å². The Hall–Kier alpha value is -1.95. The molecular weight excluding hydrogens is 286 g/mol. The molecule has 17 heavy (non-hydrogen) atoms. The summed E-state index contributed by atoms with van der Waals surface area (Å²) in [6, 6.07) is 5.13. The van der Waals surface area contributed by atoms with Gasteiger partial charge in [-0.15, -0.1) is 0 Å². The van der Waals surface area contributed by atoms with Gasteiger partial charge < -0.3 is 4.42 Å². The van der Waals surface area contributed by atoms with Gasteiger partial charge in [-0.3, -0.25) is 9.78 Å². The number of halogens is 1. The van der Waals surface area contributed by atoms with E-state index >= 15 is 0 Å². The average molecular weight is 294 g/mol. The van der Waals surface area contributed by atoms with Crippen LogP contribution in [0, 0.1) is 0 Å². The first kappa shape index (κ1) is 11.5. The van der Waals surface area contributed by atoms with Crippen LogP contribution in [0.1, 0.15) is 16.1 Å². The lowest BCUT2D eigenvalue weighted by Gasteiger charge is -1.98. The maximum absolute atomic E-state index is 11.6. The smallest absolute Gasteiger partial charge is 0.272 e. The van der Waals surface area contributed by atoms with Gasteiger partial charge in [-0.2, -0.15) is 5.10 Å². The molecule has 2 aromatic rings. The SMILES string of the molecule is O=C(NN=Cc1ccco1)c1cncc(Br)c1. The molecule has 0 aliphatic rings. The predicted molar refractivity (Wildman–Crippen MR) is 65.7 cm³/mol. The van der Waals surface area contributed by atoms with E-state index in [-0.39, 0.29) is 5.91 Å². The number of nitrogens with one attached hydrogen (secondary N) is 1. The number of amides is 1. The summed E-state index contributed by atoms with van der Waals surface area (Å²) in [6.07, 6.45) is 6.01. The summed E-state index contributed by atoms with van der Waals surface area (Å²) in [5.41, 5.74) is 2.80. The van der Waals surface area contributed by atoms with Gasteiger partial charge in [0.25, 0.3) is 5.91 Å². The average Bonchev–Trinajstić information content (AvgIpc) is 2.82. The third-order valence-electron chi connectivity index (χ3n) is 1.87. The van der Waals surface area contributed by atoms with E-state index in [0.29, 0.717) is 11.3 Å². The van der Waals surface area contributed by atoms with Crippen molar-refractivity contribution in [3.8, 4) is 0 Å². The number of rotatable bonds is 3. The molecule has 0 aromatic carbocycles. The Kier molecular flexibility index (Phi) is 3.66. The van der Waals surface area contributed by atoms with E-state index in [1.165, 1.54) is 18.7 Å². The Balaban J connectivity index is 1.98. The van der Waals surface area contributed by atoms with Crippen LogP contribution < -0.4 is 5.43 Å². The van der Waals surface area contributed by atoms with Gasteiger partial charge in [-0.05, 0) is 34.1 Å². The second kappa shape index (κ2) is 5.40. The fourth-order valence-electron chi connectivity index (χ4n) is 1.12. The second-order valence-electron chi connectivity index (χ2n) is 3.11. The summed E-state index contributed by atoms with van der Waals surface area (Å²) in [7, 11) is 0. The van der Waals surface area contributed by atoms with E-state index in [0.717, 1.165) is 4.47 Å². The van der Waals surface area contributed by atoms with Crippen molar-refractivity contribution in [3.63, 3.8) is 0 Å². The Bertz CT molecular complexity index is 537. The molecule has 0 aliphatic heterocycles. The molecule has 6 heteroatoms. The lowest BCUT2D eigenvalue weighted by molar-refractivity contribution is 0.0954. The molecule has 5 nitrogen and oxygen atoms in total. The largest absolute Gasteiger partial charge is 0.463 e. The minimum Gasteiger partial charge on any atom is -0.463 e. The van der Waals surface area contributed by atoms with Crippen LogP contribution >= 0.6 is 15.9 Å². The number of hydrogen-bond donors (Lipinski definition) is 1. The molecule has 2 heterocycles. The number of nitrogens with zero attached hydrogens (tertiary/aromatic N) is 2. The van der Waals surface area contributed by atoms with E-state index in [1.54, 1.807) is 24.4 Å². The van der Waals surface area contributed by atoms with Crippen LogP contribution in [0.4, 0.5) is 0 Å². The van der Waals surface area contributed by atoms with Crippen molar-refractivity contribution in [3.05, 3.63) is 52.7 Å². The molecule has 0 fully saturated rings. The Labute approximate surface area is 106 Å². The first-order valence-corrected chi connectivity index (χ1v) is 5.52. The molecule has 0 aliphatic carbocycles. The van der Waals surface area contributed by atoms with E-state index in [1.807, 2.05) is 0 Å². The third-order valence-corrected chi connectivity index (χ3v) is 2.30. The van der Waals surface area contributed by atoms with Crippen LogP contribution in [0.3, 0.4) is 0 Å². The molecule has 1 amide bonds. The van der Waals surface area contributed by atoms with Crippen molar-refractivity contribution in [2.24, 2.45) is 5.10 Å². The highest BCUT2D eigenvalue weighted by atomic mass is 79.9. The number of hydrogen-bond acceptors (Lipinski definition) is 4. The van der Waals surface area contributed by atoms with Gasteiger partial charge in [0.15, 0.2) is 0 Å². The van der Waals surface area contributed by atoms with Crippen molar-refractivity contribution < 1.29 is 9.21 Å². The molecular formula is C11H8BrN3O2. The minimum atomic E-state index is -0.332. The lowest BCUT2D eigenvalue weighted by Crippen LogP contribution is -2.17. The van der Waals surface area contributed by atoms with Crippen LogP contribution in [0.15, 0.2) is 50.8 Å². The highest BCUT2D eigenvalue weighted by molar-refractivity contribution is 9.10. The Morgan fingerprint density at radius 2 is 2.41 bits per heavy atom. The molecule has 0 saturated heterocycles. The fraction of sp³-hybridized carbons (Fsp3) is 0. The van der Waals surface area contributed by atoms with Crippen molar-refractivity contribution in [1.29, 1.82) is 0 Å². The van der Waals surface area contributed by atoms with Crippen molar-refractivity contribution >= 4 is 28.1 Å². The van der Waals surface area contributed by atoms with E-state index in [9.17, 15) is 4.79 Å². The zero-order chi connectivity index (χ0) is 12.1. The van der Waals surface area contributed by atoms with Crippen LogP contribution in [-0.4, -0.2) is 17.1 Å². The number of carbonyl (C=O) groups excluding carboxylic acids is 1. The minimum absolute atomic E-state index is 0.332. The van der Waals surface area contributed by atoms with Crippen LogP contribution in [0.25, 0.3) is 0 Å². The maximum Gasteiger partial charge on any atom is 0.272 e. The van der Waals surface area contributed by atoms with Crippen molar-refractivity contribution in [1.82, 2.24) is 10.4 Å². The summed E-state index contributed by atoms with van der Waals surface area (Å²) in [4.78, 5) is 15.5. The number of carbonyl (C=O) groups is 1. The van der Waals surface area contributed by atoms with Crippen LogP contribution in [0.5, 0.6) is 0 Å². The number of hydrazone groups is 1. The highest BCUT2D eigenvalue weighted by Crippen LogP contribution is 2.09. The fourth-order valence-corrected chi connectivity index (χ4v) is 1.48. The molecule has 1 N–H and O–H groups in total. The molecule has 0 bridgehead atoms. The molecule has 0 atom stereocenters. The van der Waals surface area contributed by atoms with Gasteiger partial charge >= 0.3 is 0 Å². The zero-order valence-corrected chi connectivity index (χ0v) is 10.2. The van der Waals surface area contributed by atoms with E-state index in [4.69, 9.17) is 4.42 Å². The standard InChI is InChI=1S/C11H8BrN3O2/c12-9-4-8(5-13-6-9)11(16)15-14-7-10-2-1-3-17-10/h1-7H,(H,15,16). The van der Waals surface area contributed by atoms with Gasteiger partial charge in [0.2, 0.25) is 0 Å². The molecule has 2 rings (SSSR count). The predicted octanol–water partition coefficient (Wildman–Crippen LogP) is 2.20. The summed E-state index contributed by atoms with van der Waals surface area (Å²) < 4.78 is 5.76. The molecule has 2 aromatic heterocycles. The molecule has 0 spiro atoms. The zero-order valence-electron chi connectivity index (χ0n) is 8.63. The highest BCUT2D eigenvalue weighted by Gasteiger charge is 2.04. The topological polar surface area (TPSA) is 67.5 Å². The normalized spacial score (nSPS) is 10.6. The summed E-state index contributed by atoms with van der Waals surface area (Å²) in [6.45, 7) is 0. The monoisotopic (exact) mass is 293 g/mol. The first-order chi connectivity index (χ1) is 8.25. The number of pyridine rings is 1. The Morgan fingerprint density at radius 3 is 3.12 bits per heavy atom. The van der Waals surface area contributed by atoms with Gasteiger partial charge in [0.05, 0.1) is 18.0 Å². The number of aromatic nitrogens is 1. The first-order valence-electron chi connectivity index (χ1n) is 4.73. The molecule has 86 valence electrons. The summed E-state index contributed by atoms with van der Waals surface area (Å²) in [5, 5.41) is 3.76. The van der Waals surface area contributed by atoms with Crippen molar-refractivity contribution in [2.45, 2.75) is 0 Å². The second-order valence-corrected chi connectivity index (χ2v) is 4.02. The summed E-state index contributed by atoms with van der Waals surface area (Å²) >= 11 is 3.23. The lowest BCUT2D eigenvalue weighted by atomic mass is 10.3. The molecule has 0 saturated carbocycles. The molecule has 0 radical (unpaired) electrons. The maximum atomic E-state index is 11.6. The number of furan rings is 1. The third kappa shape index (κ3) is 3.25. The van der Waals surface area contributed by atoms with Gasteiger partial charge in [0.1, 0.15) is 5.76 Å². The molecule has 0 unspecified atom stereocenters. The quantitative estimate of drug-likeness (QED) is 0.697. The summed E-state index contributed by atoms with van der Waals surface area (Å²) in [5.74, 6) is 0.235. The van der Waals surface area contributed by atoms with Crippen LogP contribution in [-0.2, 0) is 0 Å². The van der Waals surface area contributed by atoms with Gasteiger partial charge in [-0.1, -0.05) is 0 Å².